The number of anilines is 2. The van der Waals surface area contributed by atoms with E-state index in [2.05, 4.69) is 191 Å². The lowest BCUT2D eigenvalue weighted by atomic mass is 9.80. The molecule has 5 aliphatic rings. The molecule has 0 atom stereocenters. The molecule has 10 heterocycles. The van der Waals surface area contributed by atoms with Gasteiger partial charge in [0.05, 0.1) is 20.3 Å². The highest BCUT2D eigenvalue weighted by Gasteiger charge is 2.52. The van der Waals surface area contributed by atoms with Crippen molar-refractivity contribution in [3.05, 3.63) is 137 Å². The maximum absolute atomic E-state index is 11.7. The van der Waals surface area contributed by atoms with E-state index >= 15 is 0 Å². The lowest BCUT2D eigenvalue weighted by Crippen LogP contribution is -2.41. The molecule has 0 spiro atoms. The molecule has 0 radical (unpaired) electrons. The lowest BCUT2D eigenvalue weighted by molar-refractivity contribution is 0.00578. The molecule has 0 bridgehead atoms. The summed E-state index contributed by atoms with van der Waals surface area (Å²) in [6.45, 7) is 10.2. The first kappa shape index (κ1) is 68.6. The van der Waals surface area contributed by atoms with Gasteiger partial charge in [-0.15, -0.1) is 0 Å². The first-order valence-electron chi connectivity index (χ1n) is 32.2. The number of fused-ring (bicyclic) bond motifs is 3. The minimum Gasteiger partial charge on any atom is -0.399 e. The van der Waals surface area contributed by atoms with Crippen molar-refractivity contribution in [3.8, 4) is 23.0 Å². The summed E-state index contributed by atoms with van der Waals surface area (Å²) < 4.78 is 39.6. The van der Waals surface area contributed by atoms with E-state index in [1.54, 1.807) is 24.7 Å². The van der Waals surface area contributed by atoms with Gasteiger partial charge in [0.15, 0.2) is 14.9 Å². The van der Waals surface area contributed by atoms with Crippen LogP contribution in [0.1, 0.15) is 202 Å². The third kappa shape index (κ3) is 18.2. The SMILES string of the molecule is Brc1cnc2[nH]c(C3CCCCC3)cc2c1.CC1(C)OB(c2cnc3[nH]c(C4CCCCC4)cc3c2)OC1(C)C.Cc1cc(S(C)(=O)=O)ncc1-c1cnc2[nH]c(C3CCCCC3)cc2c1.Nc1ncc(Br)cc1C#CC1CCCCC1.Nc1ncc(Br)cc1I. The van der Waals surface area contributed by atoms with E-state index in [1.807, 2.05) is 37.6 Å². The van der Waals surface area contributed by atoms with Gasteiger partial charge < -0.3 is 35.7 Å². The summed E-state index contributed by atoms with van der Waals surface area (Å²) in [7, 11) is -3.65. The number of aromatic amines is 3. The zero-order valence-corrected chi connectivity index (χ0v) is 60.8. The highest BCUT2D eigenvalue weighted by molar-refractivity contribution is 14.1. The number of nitrogens with one attached hydrogen (secondary N) is 3. The van der Waals surface area contributed by atoms with Gasteiger partial charge in [-0.25, -0.2) is 38.3 Å². The van der Waals surface area contributed by atoms with Gasteiger partial charge in [0.2, 0.25) is 0 Å². The van der Waals surface area contributed by atoms with Crippen molar-refractivity contribution in [2.24, 2.45) is 5.92 Å². The molecular formula is C70H84BBr3IN11O4S. The fraction of sp³-hybridized carbons (Fsp3) is 0.457. The van der Waals surface area contributed by atoms with E-state index < -0.39 is 9.84 Å². The average molecular weight is 1550 g/mol. The molecule has 9 aromatic heterocycles. The van der Waals surface area contributed by atoms with Crippen LogP contribution in [0.2, 0.25) is 0 Å². The van der Waals surface area contributed by atoms with Crippen LogP contribution in [0, 0.1) is 28.3 Å². The summed E-state index contributed by atoms with van der Waals surface area (Å²) >= 11 is 12.2. The number of sulfone groups is 1. The normalized spacial score (nSPS) is 18.0. The molecule has 91 heavy (non-hydrogen) atoms. The molecule has 0 amide bonds. The van der Waals surface area contributed by atoms with Crippen LogP contribution < -0.4 is 16.9 Å². The van der Waals surface area contributed by atoms with E-state index in [9.17, 15) is 8.42 Å². The second kappa shape index (κ2) is 30.9. The summed E-state index contributed by atoms with van der Waals surface area (Å²) in [5.41, 5.74) is 22.0. The van der Waals surface area contributed by atoms with Crippen molar-refractivity contribution < 1.29 is 17.7 Å². The third-order valence-corrected chi connectivity index (χ3v) is 21.8. The van der Waals surface area contributed by atoms with Gasteiger partial charge in [-0.2, -0.15) is 0 Å². The maximum Gasteiger partial charge on any atom is 0.496 e. The molecule has 1 saturated heterocycles. The van der Waals surface area contributed by atoms with Gasteiger partial charge in [0, 0.05) is 113 Å². The number of nitrogens with two attached hydrogens (primary N) is 2. The van der Waals surface area contributed by atoms with Crippen molar-refractivity contribution in [1.29, 1.82) is 0 Å². The summed E-state index contributed by atoms with van der Waals surface area (Å²) in [5, 5.41) is 3.57. The first-order chi connectivity index (χ1) is 43.5. The lowest BCUT2D eigenvalue weighted by Gasteiger charge is -2.32. The van der Waals surface area contributed by atoms with E-state index in [0.29, 0.717) is 29.4 Å². The van der Waals surface area contributed by atoms with Crippen molar-refractivity contribution in [2.75, 3.05) is 17.7 Å². The maximum atomic E-state index is 11.7. The van der Waals surface area contributed by atoms with Crippen LogP contribution in [0.25, 0.3) is 44.2 Å². The van der Waals surface area contributed by atoms with Crippen molar-refractivity contribution >= 4 is 138 Å². The summed E-state index contributed by atoms with van der Waals surface area (Å²) in [5.74, 6) is 10.1. The van der Waals surface area contributed by atoms with Crippen LogP contribution in [0.3, 0.4) is 0 Å². The second-order valence-corrected chi connectivity index (χ2v) is 31.9. The largest absolute Gasteiger partial charge is 0.496 e. The summed E-state index contributed by atoms with van der Waals surface area (Å²) in [4.78, 5) is 36.2. The van der Waals surface area contributed by atoms with Crippen LogP contribution in [0.4, 0.5) is 11.6 Å². The van der Waals surface area contributed by atoms with Crippen LogP contribution in [0.5, 0.6) is 0 Å². The smallest absolute Gasteiger partial charge is 0.399 e. The Labute approximate surface area is 575 Å². The molecule has 14 rings (SSSR count). The Morgan fingerprint density at radius 2 is 0.978 bits per heavy atom. The van der Waals surface area contributed by atoms with E-state index in [1.165, 1.54) is 157 Å². The van der Waals surface area contributed by atoms with Gasteiger partial charge in [0.25, 0.3) is 0 Å². The number of pyridine rings is 6. The van der Waals surface area contributed by atoms with Crippen LogP contribution >= 0.6 is 70.4 Å². The van der Waals surface area contributed by atoms with E-state index in [4.69, 9.17) is 20.8 Å². The quantitative estimate of drug-likeness (QED) is 0.0595. The summed E-state index contributed by atoms with van der Waals surface area (Å²) in [6, 6.07) is 18.6. The standard InChI is InChI=1S/C20H23N3O2S.C19H27BN2O2.2C13H15BrN2.C5H4BrIN2/c1-13-8-19(26(2,24)25)21-12-17(13)16-9-15-10-18(23-20(15)22-11-16)14-6-4-3-5-7-14;1-18(2)19(3,4)24-20(23-18)15-10-14-11-16(22-17(14)21-12-15)13-8-6-5-7-9-13;14-11-6-10-7-12(16-13(10)15-8-11)9-4-2-1-3-5-9;14-12-8-11(13(15)16-9-12)7-6-10-4-2-1-3-5-10;6-3-1-4(7)5(8)9-2-3/h8-12,14H,3-7H2,1-2H3,(H,22,23);10-13H,5-9H2,1-4H3,(H,21,22);6-9H,1-5H2,(H,15,16);8-10H,1-5H2,(H2,15,16);1-2H,(H2,8,9). The second-order valence-electron chi connectivity index (χ2n) is 26.0. The molecule has 1 aliphatic heterocycles. The Balaban J connectivity index is 0.000000130. The Morgan fingerprint density at radius 3 is 1.47 bits per heavy atom. The van der Waals surface area contributed by atoms with Crippen LogP contribution in [0.15, 0.2) is 110 Å². The number of aromatic nitrogens is 9. The molecular weight excluding hydrogens is 1470 g/mol. The molecule has 4 saturated carbocycles. The Morgan fingerprint density at radius 1 is 0.538 bits per heavy atom. The topological polar surface area (TPSA) is 229 Å². The van der Waals surface area contributed by atoms with Gasteiger partial charge in [0.1, 0.15) is 28.6 Å². The Kier molecular flexibility index (Phi) is 23.3. The predicted molar refractivity (Wildman–Crippen MR) is 389 cm³/mol. The number of halogens is 4. The zero-order chi connectivity index (χ0) is 64.5. The third-order valence-electron chi connectivity index (χ3n) is 18.6. The average Bonchev–Trinajstić information content (AvgIpc) is 1.66. The van der Waals surface area contributed by atoms with E-state index in [0.717, 1.165) is 78.3 Å². The zero-order valence-electron chi connectivity index (χ0n) is 53.1. The highest BCUT2D eigenvalue weighted by atomic mass is 127. The molecule has 0 aromatic carbocycles. The predicted octanol–water partition coefficient (Wildman–Crippen LogP) is 18.1. The monoisotopic (exact) mass is 1550 g/mol. The minimum absolute atomic E-state index is 0.106. The Hall–Kier alpha value is -5.22. The van der Waals surface area contributed by atoms with E-state index in [-0.39, 0.29) is 23.3 Å². The fourth-order valence-electron chi connectivity index (χ4n) is 12.7. The van der Waals surface area contributed by atoms with Gasteiger partial charge in [-0.05, 0) is 234 Å². The Bertz CT molecular complexity index is 4130. The number of hydrogen-bond donors (Lipinski definition) is 5. The van der Waals surface area contributed by atoms with Gasteiger partial charge in [-0.1, -0.05) is 88.9 Å². The number of rotatable bonds is 6. The number of aryl methyl sites for hydroxylation is 1. The van der Waals surface area contributed by atoms with Gasteiger partial charge >= 0.3 is 7.12 Å². The highest BCUT2D eigenvalue weighted by Crippen LogP contribution is 2.39. The molecule has 21 heteroatoms. The van der Waals surface area contributed by atoms with Crippen LogP contribution in [-0.4, -0.2) is 77.8 Å². The minimum atomic E-state index is -3.30. The van der Waals surface area contributed by atoms with Crippen molar-refractivity contribution in [3.63, 3.8) is 0 Å². The van der Waals surface area contributed by atoms with Crippen molar-refractivity contribution in [1.82, 2.24) is 44.9 Å². The molecule has 5 fully saturated rings. The number of hydrogen-bond acceptors (Lipinski definition) is 12. The molecule has 480 valence electrons. The van der Waals surface area contributed by atoms with Crippen LogP contribution in [-0.2, 0) is 19.1 Å². The summed E-state index contributed by atoms with van der Waals surface area (Å²) in [6.07, 6.45) is 38.1. The number of H-pyrrole nitrogens is 3. The molecule has 9 aromatic rings. The molecule has 4 aliphatic carbocycles. The number of nitrogen functional groups attached to an aromatic ring is 2. The molecule has 7 N–H and O–H groups in total. The molecule has 0 unspecified atom stereocenters. The molecule has 15 nitrogen and oxygen atoms in total. The van der Waals surface area contributed by atoms with Gasteiger partial charge in [-0.3, -0.25) is 0 Å². The fourth-order valence-corrected chi connectivity index (χ4v) is 15.2. The number of nitrogens with zero attached hydrogens (tertiary/aromatic N) is 6. The first-order valence-corrected chi connectivity index (χ1v) is 37.5. The van der Waals surface area contributed by atoms with Crippen molar-refractivity contribution in [2.45, 2.75) is 197 Å².